The monoisotopic (exact) mass is 441 g/mol. The number of rotatable bonds is 6. The van der Waals surface area contributed by atoms with Gasteiger partial charge in [0.1, 0.15) is 5.75 Å². The number of hydrogen-bond donors (Lipinski definition) is 0. The normalized spacial score (nSPS) is 14.8. The number of alkyl halides is 3. The molecule has 0 spiro atoms. The van der Waals surface area contributed by atoms with E-state index in [2.05, 4.69) is 4.74 Å². The fraction of sp³-hybridized carbons (Fsp3) is 0.400. The molecule has 1 aromatic heterocycles. The van der Waals surface area contributed by atoms with Crippen LogP contribution in [0.25, 0.3) is 0 Å². The Morgan fingerprint density at radius 1 is 1.07 bits per heavy atom. The van der Waals surface area contributed by atoms with E-state index in [1.807, 2.05) is 11.4 Å². The quantitative estimate of drug-likeness (QED) is 0.692. The zero-order valence-corrected chi connectivity index (χ0v) is 17.2. The van der Waals surface area contributed by atoms with E-state index in [0.717, 1.165) is 0 Å². The van der Waals surface area contributed by atoms with Gasteiger partial charge in [-0.05, 0) is 24.6 Å². The summed E-state index contributed by atoms with van der Waals surface area (Å²) < 4.78 is 41.8. The third-order valence-corrected chi connectivity index (χ3v) is 5.55. The SMILES string of the molecule is CN(CC(=O)N1CCN(C(=O)c2cccs2)CC1)Cc1ccccc1OC(F)(F)F. The molecule has 2 heterocycles. The highest BCUT2D eigenvalue weighted by Crippen LogP contribution is 2.27. The molecule has 2 amide bonds. The summed E-state index contributed by atoms with van der Waals surface area (Å²) in [5.41, 5.74) is 0.344. The maximum atomic E-state index is 12.6. The van der Waals surface area contributed by atoms with Crippen LogP contribution in [-0.4, -0.2) is 72.6 Å². The van der Waals surface area contributed by atoms with Crippen molar-refractivity contribution in [3.63, 3.8) is 0 Å². The molecule has 1 aliphatic heterocycles. The van der Waals surface area contributed by atoms with E-state index in [-0.39, 0.29) is 30.7 Å². The van der Waals surface area contributed by atoms with Crippen LogP contribution in [0.3, 0.4) is 0 Å². The van der Waals surface area contributed by atoms with Crippen molar-refractivity contribution in [2.75, 3.05) is 39.8 Å². The molecule has 1 aromatic carbocycles. The number of nitrogens with zero attached hydrogens (tertiary/aromatic N) is 3. The number of para-hydroxylation sites is 1. The minimum atomic E-state index is -4.77. The number of hydrogen-bond acceptors (Lipinski definition) is 5. The van der Waals surface area contributed by atoms with Crippen LogP contribution in [0.1, 0.15) is 15.2 Å². The van der Waals surface area contributed by atoms with Crippen molar-refractivity contribution >= 4 is 23.2 Å². The Labute approximate surface area is 176 Å². The third kappa shape index (κ3) is 5.96. The van der Waals surface area contributed by atoms with Crippen molar-refractivity contribution in [3.8, 4) is 5.75 Å². The number of amides is 2. The molecule has 0 bridgehead atoms. The molecule has 1 saturated heterocycles. The van der Waals surface area contributed by atoms with Crippen LogP contribution in [0.15, 0.2) is 41.8 Å². The number of likely N-dealkylation sites (N-methyl/N-ethyl adjacent to an activating group) is 1. The lowest BCUT2D eigenvalue weighted by molar-refractivity contribution is -0.275. The Bertz CT molecular complexity index is 866. The zero-order valence-electron chi connectivity index (χ0n) is 16.4. The van der Waals surface area contributed by atoms with Gasteiger partial charge < -0.3 is 14.5 Å². The van der Waals surface area contributed by atoms with Crippen molar-refractivity contribution in [1.82, 2.24) is 14.7 Å². The fourth-order valence-corrected chi connectivity index (χ4v) is 3.94. The third-order valence-electron chi connectivity index (χ3n) is 4.70. The highest BCUT2D eigenvalue weighted by atomic mass is 32.1. The van der Waals surface area contributed by atoms with E-state index in [0.29, 0.717) is 36.6 Å². The minimum absolute atomic E-state index is 0.0320. The van der Waals surface area contributed by atoms with Gasteiger partial charge in [0.15, 0.2) is 0 Å². The summed E-state index contributed by atoms with van der Waals surface area (Å²) in [6.07, 6.45) is -4.77. The maximum absolute atomic E-state index is 12.6. The molecule has 0 saturated carbocycles. The van der Waals surface area contributed by atoms with E-state index < -0.39 is 6.36 Å². The maximum Gasteiger partial charge on any atom is 0.573 e. The summed E-state index contributed by atoms with van der Waals surface area (Å²) in [6.45, 7) is 1.95. The largest absolute Gasteiger partial charge is 0.573 e. The van der Waals surface area contributed by atoms with Crippen molar-refractivity contribution < 1.29 is 27.5 Å². The standard InChI is InChI=1S/C20H22F3N3O3S/c1-24(13-15-5-2-3-6-16(15)29-20(21,22)23)14-18(27)25-8-10-26(11-9-25)19(28)17-7-4-12-30-17/h2-7,12H,8-11,13-14H2,1H3. The van der Waals surface area contributed by atoms with Gasteiger partial charge in [0, 0.05) is 38.3 Å². The molecule has 6 nitrogen and oxygen atoms in total. The molecule has 162 valence electrons. The topological polar surface area (TPSA) is 53.1 Å². The van der Waals surface area contributed by atoms with Crippen LogP contribution in [0, 0.1) is 0 Å². The Morgan fingerprint density at radius 3 is 2.37 bits per heavy atom. The Balaban J connectivity index is 1.50. The molecule has 0 aliphatic carbocycles. The number of carbonyl (C=O) groups excluding carboxylic acids is 2. The molecule has 1 aliphatic rings. The highest BCUT2D eigenvalue weighted by molar-refractivity contribution is 7.12. The molecular weight excluding hydrogens is 419 g/mol. The number of thiophene rings is 1. The van der Waals surface area contributed by atoms with Crippen LogP contribution in [-0.2, 0) is 11.3 Å². The molecule has 0 radical (unpaired) electrons. The average Bonchev–Trinajstić information content (AvgIpc) is 3.23. The number of halogens is 3. The van der Waals surface area contributed by atoms with Gasteiger partial charge in [0.2, 0.25) is 5.91 Å². The lowest BCUT2D eigenvalue weighted by atomic mass is 10.2. The summed E-state index contributed by atoms with van der Waals surface area (Å²) in [5.74, 6) is -0.435. The summed E-state index contributed by atoms with van der Waals surface area (Å²) in [4.78, 5) is 30.7. The molecule has 0 unspecified atom stereocenters. The zero-order chi connectivity index (χ0) is 21.7. The van der Waals surface area contributed by atoms with Gasteiger partial charge in [0.05, 0.1) is 11.4 Å². The van der Waals surface area contributed by atoms with Gasteiger partial charge in [0.25, 0.3) is 5.91 Å². The fourth-order valence-electron chi connectivity index (χ4n) is 3.25. The first-order valence-corrected chi connectivity index (χ1v) is 10.2. The summed E-state index contributed by atoms with van der Waals surface area (Å²) in [5, 5.41) is 1.85. The first kappa shape index (κ1) is 22.1. The van der Waals surface area contributed by atoms with Crippen LogP contribution in [0.5, 0.6) is 5.75 Å². The van der Waals surface area contributed by atoms with Gasteiger partial charge in [-0.15, -0.1) is 24.5 Å². The van der Waals surface area contributed by atoms with Gasteiger partial charge in [-0.3, -0.25) is 14.5 Å². The van der Waals surface area contributed by atoms with Crippen LogP contribution in [0.4, 0.5) is 13.2 Å². The summed E-state index contributed by atoms with van der Waals surface area (Å²) in [7, 11) is 1.67. The van der Waals surface area contributed by atoms with Gasteiger partial charge in [-0.2, -0.15) is 0 Å². The second kappa shape index (κ2) is 9.48. The first-order chi connectivity index (χ1) is 14.2. The molecule has 2 aromatic rings. The molecular formula is C20H22F3N3O3S. The molecule has 3 rings (SSSR count). The van der Waals surface area contributed by atoms with Gasteiger partial charge >= 0.3 is 6.36 Å². The van der Waals surface area contributed by atoms with Crippen molar-refractivity contribution in [2.45, 2.75) is 12.9 Å². The lowest BCUT2D eigenvalue weighted by Gasteiger charge is -2.35. The van der Waals surface area contributed by atoms with Gasteiger partial charge in [-0.1, -0.05) is 24.3 Å². The molecule has 0 atom stereocenters. The van der Waals surface area contributed by atoms with Crippen LogP contribution in [0.2, 0.25) is 0 Å². The minimum Gasteiger partial charge on any atom is -0.405 e. The second-order valence-corrected chi connectivity index (χ2v) is 7.93. The second-order valence-electron chi connectivity index (χ2n) is 6.98. The van der Waals surface area contributed by atoms with E-state index in [4.69, 9.17) is 0 Å². The molecule has 30 heavy (non-hydrogen) atoms. The van der Waals surface area contributed by atoms with E-state index >= 15 is 0 Å². The number of ether oxygens (including phenoxy) is 1. The highest BCUT2D eigenvalue weighted by Gasteiger charge is 2.32. The Kier molecular flexibility index (Phi) is 6.99. The first-order valence-electron chi connectivity index (χ1n) is 9.35. The summed E-state index contributed by atoms with van der Waals surface area (Å²) >= 11 is 1.39. The molecule has 10 heteroatoms. The summed E-state index contributed by atoms with van der Waals surface area (Å²) in [6, 6.07) is 9.48. The van der Waals surface area contributed by atoms with Crippen molar-refractivity contribution in [3.05, 3.63) is 52.2 Å². The van der Waals surface area contributed by atoms with Crippen molar-refractivity contribution in [1.29, 1.82) is 0 Å². The van der Waals surface area contributed by atoms with Crippen LogP contribution >= 0.6 is 11.3 Å². The van der Waals surface area contributed by atoms with E-state index in [9.17, 15) is 22.8 Å². The van der Waals surface area contributed by atoms with Gasteiger partial charge in [-0.25, -0.2) is 0 Å². The molecule has 0 N–H and O–H groups in total. The van der Waals surface area contributed by atoms with E-state index in [1.165, 1.54) is 29.5 Å². The molecule has 1 fully saturated rings. The lowest BCUT2D eigenvalue weighted by Crippen LogP contribution is -2.52. The number of benzene rings is 1. The Morgan fingerprint density at radius 2 is 1.73 bits per heavy atom. The Hall–Kier alpha value is -2.59. The smallest absolute Gasteiger partial charge is 0.405 e. The van der Waals surface area contributed by atoms with E-state index in [1.54, 1.807) is 33.9 Å². The van der Waals surface area contributed by atoms with Crippen LogP contribution < -0.4 is 4.74 Å². The predicted molar refractivity (Wildman–Crippen MR) is 106 cm³/mol. The van der Waals surface area contributed by atoms with Crippen molar-refractivity contribution in [2.24, 2.45) is 0 Å². The predicted octanol–water partition coefficient (Wildman–Crippen LogP) is 3.06. The number of carbonyl (C=O) groups is 2. The number of piperazine rings is 1. The average molecular weight is 441 g/mol.